The van der Waals surface area contributed by atoms with Crippen molar-refractivity contribution in [1.82, 2.24) is 4.31 Å². The van der Waals surface area contributed by atoms with Gasteiger partial charge in [-0.3, -0.25) is 4.79 Å². The second-order valence-electron chi connectivity index (χ2n) is 5.23. The van der Waals surface area contributed by atoms with Crippen LogP contribution >= 0.6 is 0 Å². The van der Waals surface area contributed by atoms with Gasteiger partial charge in [0.2, 0.25) is 10.0 Å². The number of aryl methyl sites for hydroxylation is 1. The van der Waals surface area contributed by atoms with Gasteiger partial charge in [0.1, 0.15) is 0 Å². The van der Waals surface area contributed by atoms with Crippen LogP contribution < -0.4 is 0 Å². The van der Waals surface area contributed by atoms with Gasteiger partial charge < -0.3 is 4.74 Å². The molecule has 0 bridgehead atoms. The highest BCUT2D eigenvalue weighted by Crippen LogP contribution is 2.25. The Morgan fingerprint density at radius 1 is 1.32 bits per heavy atom. The molecule has 22 heavy (non-hydrogen) atoms. The molecule has 0 radical (unpaired) electrons. The minimum Gasteiger partial charge on any atom is -0.466 e. The normalized spacial score (nSPS) is 18.5. The van der Waals surface area contributed by atoms with Crippen molar-refractivity contribution in [3.05, 3.63) is 42.0 Å². The lowest BCUT2D eigenvalue weighted by Crippen LogP contribution is -2.36. The zero-order chi connectivity index (χ0) is 16.2. The monoisotopic (exact) mass is 323 g/mol. The molecule has 0 saturated carbocycles. The molecule has 0 aromatic heterocycles. The van der Waals surface area contributed by atoms with Gasteiger partial charge in [0.05, 0.1) is 11.5 Å². The highest BCUT2D eigenvalue weighted by molar-refractivity contribution is 7.89. The summed E-state index contributed by atoms with van der Waals surface area (Å²) in [7, 11) is -3.55. The second-order valence-corrected chi connectivity index (χ2v) is 7.12. The molecule has 1 unspecified atom stereocenters. The second kappa shape index (κ2) is 7.07. The fourth-order valence-electron chi connectivity index (χ4n) is 2.41. The van der Waals surface area contributed by atoms with Crippen LogP contribution in [0.3, 0.4) is 0 Å². The van der Waals surface area contributed by atoms with Gasteiger partial charge in [-0.15, -0.1) is 0 Å². The van der Waals surface area contributed by atoms with Crippen molar-refractivity contribution < 1.29 is 17.9 Å². The predicted octanol–water partition coefficient (Wildman–Crippen LogP) is 2.27. The number of hydrogen-bond donors (Lipinski definition) is 0. The summed E-state index contributed by atoms with van der Waals surface area (Å²) in [6, 6.07) is 6.50. The topological polar surface area (TPSA) is 63.7 Å². The quantitative estimate of drug-likeness (QED) is 0.595. The van der Waals surface area contributed by atoms with Gasteiger partial charge in [-0.1, -0.05) is 29.8 Å². The summed E-state index contributed by atoms with van der Waals surface area (Å²) in [6.07, 6.45) is 4.30. The van der Waals surface area contributed by atoms with Gasteiger partial charge >= 0.3 is 5.97 Å². The van der Waals surface area contributed by atoms with Crippen molar-refractivity contribution >= 4 is 16.0 Å². The number of ether oxygens (including phenoxy) is 1. The fourth-order valence-corrected chi connectivity index (χ4v) is 3.98. The van der Waals surface area contributed by atoms with E-state index >= 15 is 0 Å². The smallest absolute Gasteiger partial charge is 0.305 e. The molecule has 0 spiro atoms. The number of sulfonamides is 1. The van der Waals surface area contributed by atoms with Gasteiger partial charge in [0.15, 0.2) is 0 Å². The molecule has 2 rings (SSSR count). The molecule has 1 atom stereocenters. The molecule has 0 N–H and O–H groups in total. The van der Waals surface area contributed by atoms with Crippen molar-refractivity contribution in [1.29, 1.82) is 0 Å². The number of esters is 1. The van der Waals surface area contributed by atoms with Gasteiger partial charge in [-0.05, 0) is 32.4 Å². The molecule has 1 aromatic rings. The van der Waals surface area contributed by atoms with Crippen LogP contribution in [0.25, 0.3) is 0 Å². The molecule has 0 amide bonds. The van der Waals surface area contributed by atoms with Gasteiger partial charge in [-0.25, -0.2) is 8.42 Å². The van der Waals surface area contributed by atoms with Crippen LogP contribution in [0.5, 0.6) is 0 Å². The van der Waals surface area contributed by atoms with Crippen LogP contribution in [0.1, 0.15) is 25.3 Å². The van der Waals surface area contributed by atoms with Crippen LogP contribution in [-0.2, 0) is 19.6 Å². The Morgan fingerprint density at radius 2 is 2.00 bits per heavy atom. The van der Waals surface area contributed by atoms with Gasteiger partial charge in [0, 0.05) is 19.0 Å². The summed E-state index contributed by atoms with van der Waals surface area (Å²) in [5, 5.41) is 0. The Bertz CT molecular complexity index is 649. The summed E-state index contributed by atoms with van der Waals surface area (Å²) in [5.74, 6) is -0.296. The molecule has 0 aliphatic carbocycles. The molecule has 1 aromatic carbocycles. The molecule has 0 fully saturated rings. The van der Waals surface area contributed by atoms with Crippen LogP contribution in [0, 0.1) is 6.92 Å². The Balaban J connectivity index is 2.09. The maximum atomic E-state index is 12.7. The number of hydrogen-bond acceptors (Lipinski definition) is 4. The van der Waals surface area contributed by atoms with E-state index in [9.17, 15) is 13.2 Å². The van der Waals surface area contributed by atoms with Crippen molar-refractivity contribution in [2.75, 3.05) is 13.2 Å². The zero-order valence-electron chi connectivity index (χ0n) is 12.9. The lowest BCUT2D eigenvalue weighted by atomic mass is 10.2. The van der Waals surface area contributed by atoms with E-state index in [-0.39, 0.29) is 23.3 Å². The van der Waals surface area contributed by atoms with E-state index in [2.05, 4.69) is 0 Å². The van der Waals surface area contributed by atoms with Gasteiger partial charge in [0.25, 0.3) is 0 Å². The minimum atomic E-state index is -3.55. The first-order valence-electron chi connectivity index (χ1n) is 7.36. The first kappa shape index (κ1) is 16.7. The fraction of sp³-hybridized carbons (Fsp3) is 0.438. The SMILES string of the molecule is CCOC(=O)CCC1C=CCN1S(=O)(=O)c1ccc(C)cc1. The third-order valence-corrected chi connectivity index (χ3v) is 5.50. The average Bonchev–Trinajstić information content (AvgIpc) is 2.95. The molecular weight excluding hydrogens is 302 g/mol. The first-order valence-corrected chi connectivity index (χ1v) is 8.80. The molecule has 0 saturated heterocycles. The summed E-state index contributed by atoms with van der Waals surface area (Å²) in [4.78, 5) is 11.7. The lowest BCUT2D eigenvalue weighted by molar-refractivity contribution is -0.143. The van der Waals surface area contributed by atoms with E-state index in [1.165, 1.54) is 4.31 Å². The van der Waals surface area contributed by atoms with Crippen LogP contribution in [0.4, 0.5) is 0 Å². The summed E-state index contributed by atoms with van der Waals surface area (Å²) >= 11 is 0. The number of carbonyl (C=O) groups is 1. The molecule has 120 valence electrons. The van der Waals surface area contributed by atoms with E-state index in [0.29, 0.717) is 19.6 Å². The Labute approximate surface area is 131 Å². The highest BCUT2D eigenvalue weighted by Gasteiger charge is 2.32. The van der Waals surface area contributed by atoms with Crippen molar-refractivity contribution in [2.24, 2.45) is 0 Å². The highest BCUT2D eigenvalue weighted by atomic mass is 32.2. The first-order chi connectivity index (χ1) is 10.4. The number of nitrogens with zero attached hydrogens (tertiary/aromatic N) is 1. The standard InChI is InChI=1S/C16H21NO4S/c1-3-21-16(18)11-8-14-5-4-12-17(14)22(19,20)15-9-6-13(2)7-10-15/h4-7,9-10,14H,3,8,11-12H2,1-2H3. The van der Waals surface area contributed by atoms with Gasteiger partial charge in [-0.2, -0.15) is 4.31 Å². The Hall–Kier alpha value is -1.66. The van der Waals surface area contributed by atoms with Crippen LogP contribution in [0.15, 0.2) is 41.3 Å². The third kappa shape index (κ3) is 3.75. The average molecular weight is 323 g/mol. The van der Waals surface area contributed by atoms with E-state index < -0.39 is 10.0 Å². The minimum absolute atomic E-state index is 0.211. The Morgan fingerprint density at radius 3 is 2.64 bits per heavy atom. The van der Waals surface area contributed by atoms with Crippen LogP contribution in [-0.4, -0.2) is 37.9 Å². The molecule has 1 aliphatic rings. The van der Waals surface area contributed by atoms with Crippen LogP contribution in [0.2, 0.25) is 0 Å². The lowest BCUT2D eigenvalue weighted by Gasteiger charge is -2.23. The predicted molar refractivity (Wildman–Crippen MR) is 83.9 cm³/mol. The number of rotatable bonds is 6. The molecule has 6 heteroatoms. The van der Waals surface area contributed by atoms with Crippen molar-refractivity contribution in [2.45, 2.75) is 37.6 Å². The number of benzene rings is 1. The maximum Gasteiger partial charge on any atom is 0.305 e. The molecule has 1 aliphatic heterocycles. The third-order valence-electron chi connectivity index (χ3n) is 3.59. The molecular formula is C16H21NO4S. The Kier molecular flexibility index (Phi) is 5.37. The van der Waals surface area contributed by atoms with E-state index in [0.717, 1.165) is 5.56 Å². The summed E-state index contributed by atoms with van der Waals surface area (Å²) in [5.41, 5.74) is 1.01. The van der Waals surface area contributed by atoms with E-state index in [1.54, 1.807) is 31.2 Å². The summed E-state index contributed by atoms with van der Waals surface area (Å²) < 4.78 is 31.7. The summed E-state index contributed by atoms with van der Waals surface area (Å²) in [6.45, 7) is 4.34. The van der Waals surface area contributed by atoms with Crippen molar-refractivity contribution in [3.8, 4) is 0 Å². The number of carbonyl (C=O) groups excluding carboxylic acids is 1. The molecule has 5 nitrogen and oxygen atoms in total. The molecule has 1 heterocycles. The van der Waals surface area contributed by atoms with E-state index in [4.69, 9.17) is 4.74 Å². The largest absolute Gasteiger partial charge is 0.466 e. The van der Waals surface area contributed by atoms with Crippen molar-refractivity contribution in [3.63, 3.8) is 0 Å². The zero-order valence-corrected chi connectivity index (χ0v) is 13.7. The van der Waals surface area contributed by atoms with E-state index in [1.807, 2.05) is 19.1 Å². The maximum absolute atomic E-state index is 12.7.